The van der Waals surface area contributed by atoms with Crippen LogP contribution in [0.1, 0.15) is 0 Å². The number of rotatable bonds is 7. The number of aromatic nitrogens is 3. The van der Waals surface area contributed by atoms with Crippen molar-refractivity contribution in [2.75, 3.05) is 22.1 Å². The molecule has 1 aromatic heterocycles. The zero-order valence-corrected chi connectivity index (χ0v) is 15.7. The topological polar surface area (TPSA) is 115 Å². The van der Waals surface area contributed by atoms with Crippen LogP contribution in [0.3, 0.4) is 0 Å². The fourth-order valence-electron chi connectivity index (χ4n) is 2.33. The molecule has 0 saturated carbocycles. The highest BCUT2D eigenvalue weighted by atomic mass is 32.2. The fraction of sp³-hybridized carbons (Fsp3) is 0.111. The summed E-state index contributed by atoms with van der Waals surface area (Å²) in [5.41, 5.74) is 5.82. The highest BCUT2D eigenvalue weighted by molar-refractivity contribution is 7.99. The van der Waals surface area contributed by atoms with Gasteiger partial charge in [-0.3, -0.25) is 14.2 Å². The molecule has 29 heavy (non-hydrogen) atoms. The predicted octanol–water partition coefficient (Wildman–Crippen LogP) is 2.51. The van der Waals surface area contributed by atoms with Crippen molar-refractivity contribution in [3.63, 3.8) is 0 Å². The molecule has 150 valence electrons. The van der Waals surface area contributed by atoms with E-state index in [4.69, 9.17) is 5.73 Å². The maximum Gasteiger partial charge on any atom is 0.244 e. The molecule has 8 nitrogen and oxygen atoms in total. The molecule has 3 rings (SSSR count). The molecule has 4 N–H and O–H groups in total. The van der Waals surface area contributed by atoms with Crippen molar-refractivity contribution in [2.45, 2.75) is 11.7 Å². The number of benzene rings is 2. The van der Waals surface area contributed by atoms with Gasteiger partial charge in [-0.1, -0.05) is 36.0 Å². The highest BCUT2D eigenvalue weighted by Gasteiger charge is 2.16. The SMILES string of the molecule is Nc1nnc(SCC(=O)Nc2ccccc2F)n1CC(=O)Nc1ccccc1F. The summed E-state index contributed by atoms with van der Waals surface area (Å²) < 4.78 is 28.5. The van der Waals surface area contributed by atoms with Gasteiger partial charge in [0.2, 0.25) is 17.8 Å². The largest absolute Gasteiger partial charge is 0.368 e. The summed E-state index contributed by atoms with van der Waals surface area (Å²) in [5, 5.41) is 12.6. The Labute approximate surface area is 168 Å². The number of hydrogen-bond donors (Lipinski definition) is 3. The van der Waals surface area contributed by atoms with E-state index >= 15 is 0 Å². The number of para-hydroxylation sites is 2. The third kappa shape index (κ3) is 5.29. The maximum atomic E-state index is 13.7. The fourth-order valence-corrected chi connectivity index (χ4v) is 3.08. The predicted molar refractivity (Wildman–Crippen MR) is 105 cm³/mol. The van der Waals surface area contributed by atoms with Gasteiger partial charge in [0.15, 0.2) is 5.16 Å². The molecular weight excluding hydrogens is 402 g/mol. The van der Waals surface area contributed by atoms with Gasteiger partial charge >= 0.3 is 0 Å². The number of carbonyl (C=O) groups excluding carboxylic acids is 2. The Morgan fingerprint density at radius 1 is 0.931 bits per heavy atom. The Morgan fingerprint density at radius 2 is 1.48 bits per heavy atom. The van der Waals surface area contributed by atoms with Crippen LogP contribution in [0.15, 0.2) is 53.7 Å². The van der Waals surface area contributed by atoms with Gasteiger partial charge in [0.1, 0.15) is 18.2 Å². The van der Waals surface area contributed by atoms with E-state index in [9.17, 15) is 18.4 Å². The van der Waals surface area contributed by atoms with Crippen LogP contribution < -0.4 is 16.4 Å². The van der Waals surface area contributed by atoms with E-state index in [2.05, 4.69) is 20.8 Å². The number of anilines is 3. The van der Waals surface area contributed by atoms with Crippen molar-refractivity contribution in [1.29, 1.82) is 0 Å². The summed E-state index contributed by atoms with van der Waals surface area (Å²) in [6.07, 6.45) is 0. The number of amides is 2. The highest BCUT2D eigenvalue weighted by Crippen LogP contribution is 2.20. The van der Waals surface area contributed by atoms with Crippen molar-refractivity contribution < 1.29 is 18.4 Å². The third-order valence-electron chi connectivity index (χ3n) is 3.68. The van der Waals surface area contributed by atoms with E-state index in [-0.39, 0.29) is 34.8 Å². The minimum Gasteiger partial charge on any atom is -0.368 e. The molecule has 0 aliphatic rings. The van der Waals surface area contributed by atoms with Crippen molar-refractivity contribution in [3.05, 3.63) is 60.2 Å². The molecule has 0 saturated heterocycles. The maximum absolute atomic E-state index is 13.7. The summed E-state index contributed by atoms with van der Waals surface area (Å²) in [4.78, 5) is 24.3. The molecule has 11 heteroatoms. The van der Waals surface area contributed by atoms with Gasteiger partial charge in [0.05, 0.1) is 17.1 Å². The first-order valence-electron chi connectivity index (χ1n) is 8.34. The van der Waals surface area contributed by atoms with E-state index < -0.39 is 23.4 Å². The Kier molecular flexibility index (Phi) is 6.39. The first kappa shape index (κ1) is 20.3. The van der Waals surface area contributed by atoms with E-state index in [0.29, 0.717) is 0 Å². The van der Waals surface area contributed by atoms with Gasteiger partial charge < -0.3 is 16.4 Å². The van der Waals surface area contributed by atoms with E-state index in [1.807, 2.05) is 0 Å². The number of halogens is 2. The van der Waals surface area contributed by atoms with Gasteiger partial charge in [0, 0.05) is 0 Å². The van der Waals surface area contributed by atoms with Crippen LogP contribution in [-0.4, -0.2) is 32.3 Å². The van der Waals surface area contributed by atoms with Crippen LogP contribution >= 0.6 is 11.8 Å². The van der Waals surface area contributed by atoms with Gasteiger partial charge in [-0.2, -0.15) is 0 Å². The van der Waals surface area contributed by atoms with Gasteiger partial charge in [-0.25, -0.2) is 8.78 Å². The Bertz CT molecular complexity index is 1040. The average molecular weight is 418 g/mol. The molecule has 0 aliphatic carbocycles. The second kappa shape index (κ2) is 9.15. The molecule has 1 heterocycles. The monoisotopic (exact) mass is 418 g/mol. The molecule has 0 atom stereocenters. The van der Waals surface area contributed by atoms with Gasteiger partial charge in [0.25, 0.3) is 0 Å². The van der Waals surface area contributed by atoms with E-state index in [1.165, 1.54) is 41.0 Å². The number of thioether (sulfide) groups is 1. The summed E-state index contributed by atoms with van der Waals surface area (Å²) in [5.74, 6) is -2.28. The summed E-state index contributed by atoms with van der Waals surface area (Å²) in [7, 11) is 0. The van der Waals surface area contributed by atoms with Gasteiger partial charge in [-0.15, -0.1) is 10.2 Å². The Hall–Kier alpha value is -3.47. The number of nitrogen functional groups attached to an aromatic ring is 1. The summed E-state index contributed by atoms with van der Waals surface area (Å²) in [6, 6.07) is 11.5. The Morgan fingerprint density at radius 3 is 2.07 bits per heavy atom. The lowest BCUT2D eigenvalue weighted by Crippen LogP contribution is -2.21. The van der Waals surface area contributed by atoms with Crippen LogP contribution in [-0.2, 0) is 16.1 Å². The summed E-state index contributed by atoms with van der Waals surface area (Å²) >= 11 is 0.973. The smallest absolute Gasteiger partial charge is 0.244 e. The molecule has 3 aromatic rings. The summed E-state index contributed by atoms with van der Waals surface area (Å²) in [6.45, 7) is -0.273. The quantitative estimate of drug-likeness (QED) is 0.508. The van der Waals surface area contributed by atoms with Crippen LogP contribution in [0.25, 0.3) is 0 Å². The van der Waals surface area contributed by atoms with E-state index in [0.717, 1.165) is 11.8 Å². The van der Waals surface area contributed by atoms with Crippen molar-refractivity contribution in [1.82, 2.24) is 14.8 Å². The Balaban J connectivity index is 1.60. The zero-order valence-electron chi connectivity index (χ0n) is 14.9. The average Bonchev–Trinajstić information content (AvgIpc) is 3.03. The van der Waals surface area contributed by atoms with Crippen LogP contribution in [0.5, 0.6) is 0 Å². The number of carbonyl (C=O) groups is 2. The number of nitrogens with zero attached hydrogens (tertiary/aromatic N) is 3. The molecule has 0 unspecified atom stereocenters. The minimum atomic E-state index is -0.572. The zero-order chi connectivity index (χ0) is 20.8. The molecule has 0 bridgehead atoms. The molecule has 0 fully saturated rings. The lowest BCUT2D eigenvalue weighted by atomic mass is 10.3. The van der Waals surface area contributed by atoms with Crippen molar-refractivity contribution in [2.24, 2.45) is 0 Å². The van der Waals surface area contributed by atoms with Crippen LogP contribution in [0, 0.1) is 11.6 Å². The normalized spacial score (nSPS) is 10.6. The molecule has 0 aliphatic heterocycles. The number of hydrogen-bond acceptors (Lipinski definition) is 6. The number of nitrogens with one attached hydrogen (secondary N) is 2. The third-order valence-corrected chi connectivity index (χ3v) is 4.64. The molecular formula is C18H16F2N6O2S. The van der Waals surface area contributed by atoms with E-state index in [1.54, 1.807) is 12.1 Å². The second-order valence-corrected chi connectivity index (χ2v) is 6.71. The number of nitrogens with two attached hydrogens (primary N) is 1. The molecule has 0 radical (unpaired) electrons. The molecule has 2 aromatic carbocycles. The van der Waals surface area contributed by atoms with Crippen LogP contribution in [0.2, 0.25) is 0 Å². The van der Waals surface area contributed by atoms with Crippen molar-refractivity contribution >= 4 is 40.9 Å². The first-order chi connectivity index (χ1) is 13.9. The van der Waals surface area contributed by atoms with Gasteiger partial charge in [-0.05, 0) is 24.3 Å². The van der Waals surface area contributed by atoms with Crippen LogP contribution in [0.4, 0.5) is 26.1 Å². The first-order valence-corrected chi connectivity index (χ1v) is 9.33. The standard InChI is InChI=1S/C18H16F2N6O2S/c19-11-5-1-3-7-13(11)22-15(27)9-26-17(21)24-25-18(26)29-10-16(28)23-14-8-4-2-6-12(14)20/h1-8H,9-10H2,(H2,21,24)(H,22,27)(H,23,28). The molecule has 0 spiro atoms. The minimum absolute atomic E-state index is 0.0302. The lowest BCUT2D eigenvalue weighted by Gasteiger charge is -2.10. The second-order valence-electron chi connectivity index (χ2n) is 5.77. The molecule has 2 amide bonds. The lowest BCUT2D eigenvalue weighted by molar-refractivity contribution is -0.117. The van der Waals surface area contributed by atoms with Crippen molar-refractivity contribution in [3.8, 4) is 0 Å².